The quantitative estimate of drug-likeness (QED) is 0.619. The lowest BCUT2D eigenvalue weighted by molar-refractivity contribution is 0.333. The Bertz CT molecular complexity index is 638. The summed E-state index contributed by atoms with van der Waals surface area (Å²) in [6.45, 7) is 14.6. The van der Waals surface area contributed by atoms with E-state index in [2.05, 4.69) is 31.8 Å². The molecule has 0 N–H and O–H groups in total. The Hall–Kier alpha value is -1.64. The van der Waals surface area contributed by atoms with Crippen LogP contribution in [0.15, 0.2) is 30.3 Å². The van der Waals surface area contributed by atoms with Crippen molar-refractivity contribution in [1.29, 1.82) is 0 Å². The van der Waals surface area contributed by atoms with Gasteiger partial charge in [0.05, 0.1) is 11.0 Å². The van der Waals surface area contributed by atoms with Crippen molar-refractivity contribution in [3.05, 3.63) is 36.4 Å². The number of rotatable bonds is 1. The predicted octanol–water partition coefficient (Wildman–Crippen LogP) is 6.13. The molecule has 1 aromatic heterocycles. The Balaban J connectivity index is 0.000000561. The average Bonchev–Trinajstić information content (AvgIpc) is 3.00. The average molecular weight is 304 g/mol. The standard InChI is InChI=1S/C15H17FN2.2C2H6/c1-10-8-9-13(15(10,2)3)18-12-7-5-4-6-11(12)17-14(18)16;2*1-2/h4-7,9-10H,8H2,1-3H3;2*1-2H3. The van der Waals surface area contributed by atoms with Gasteiger partial charge in [0.15, 0.2) is 0 Å². The van der Waals surface area contributed by atoms with Gasteiger partial charge in [0.25, 0.3) is 6.08 Å². The number of hydrogen-bond donors (Lipinski definition) is 0. The van der Waals surface area contributed by atoms with Crippen LogP contribution < -0.4 is 0 Å². The zero-order valence-electron chi connectivity index (χ0n) is 14.9. The number of aromatic nitrogens is 2. The van der Waals surface area contributed by atoms with Crippen molar-refractivity contribution in [3.63, 3.8) is 0 Å². The van der Waals surface area contributed by atoms with Gasteiger partial charge in [0.1, 0.15) is 0 Å². The van der Waals surface area contributed by atoms with Crippen LogP contribution in [-0.2, 0) is 0 Å². The fourth-order valence-corrected chi connectivity index (χ4v) is 2.70. The molecular formula is C19H29FN2. The molecule has 1 unspecified atom stereocenters. The number of nitrogens with zero attached hydrogens (tertiary/aromatic N) is 2. The van der Waals surface area contributed by atoms with Crippen LogP contribution in [0.4, 0.5) is 4.39 Å². The Labute approximate surface area is 134 Å². The predicted molar refractivity (Wildman–Crippen MR) is 94.2 cm³/mol. The monoisotopic (exact) mass is 304 g/mol. The van der Waals surface area contributed by atoms with Crippen LogP contribution in [0, 0.1) is 17.4 Å². The summed E-state index contributed by atoms with van der Waals surface area (Å²) in [5.41, 5.74) is 2.57. The minimum Gasteiger partial charge on any atom is -0.272 e. The highest BCUT2D eigenvalue weighted by Gasteiger charge is 2.37. The van der Waals surface area contributed by atoms with Gasteiger partial charge in [-0.2, -0.15) is 4.39 Å². The fraction of sp³-hybridized carbons (Fsp3) is 0.526. The molecule has 0 saturated carbocycles. The minimum atomic E-state index is -0.412. The third kappa shape index (κ3) is 3.08. The Morgan fingerprint density at radius 2 is 1.73 bits per heavy atom. The molecule has 1 aliphatic rings. The summed E-state index contributed by atoms with van der Waals surface area (Å²) in [6.07, 6.45) is 2.72. The largest absolute Gasteiger partial charge is 0.294 e. The summed E-state index contributed by atoms with van der Waals surface area (Å²) in [5.74, 6) is 0.521. The molecule has 0 saturated heterocycles. The van der Waals surface area contributed by atoms with Crippen molar-refractivity contribution in [2.75, 3.05) is 0 Å². The van der Waals surface area contributed by atoms with Gasteiger partial charge in [0.2, 0.25) is 0 Å². The van der Waals surface area contributed by atoms with Crippen molar-refractivity contribution in [3.8, 4) is 0 Å². The van der Waals surface area contributed by atoms with Crippen LogP contribution in [0.1, 0.15) is 54.9 Å². The summed E-state index contributed by atoms with van der Waals surface area (Å²) in [4.78, 5) is 4.00. The van der Waals surface area contributed by atoms with E-state index in [1.807, 2.05) is 52.0 Å². The number of fused-ring (bicyclic) bond motifs is 1. The lowest BCUT2D eigenvalue weighted by atomic mass is 9.81. The lowest BCUT2D eigenvalue weighted by Crippen LogP contribution is -2.22. The molecule has 0 bridgehead atoms. The normalized spacial score (nSPS) is 18.9. The topological polar surface area (TPSA) is 17.8 Å². The minimum absolute atomic E-state index is 0.0235. The van der Waals surface area contributed by atoms with Gasteiger partial charge in [-0.05, 0) is 24.5 Å². The van der Waals surface area contributed by atoms with Gasteiger partial charge in [-0.3, -0.25) is 4.57 Å². The Kier molecular flexibility index (Phi) is 6.34. The van der Waals surface area contributed by atoms with Crippen molar-refractivity contribution in [2.24, 2.45) is 11.3 Å². The first kappa shape index (κ1) is 18.4. The highest BCUT2D eigenvalue weighted by atomic mass is 19.1. The maximum atomic E-state index is 14.1. The van der Waals surface area contributed by atoms with E-state index in [1.165, 1.54) is 0 Å². The summed E-state index contributed by atoms with van der Waals surface area (Å²) >= 11 is 0. The second kappa shape index (κ2) is 7.57. The number of benzene rings is 1. The van der Waals surface area contributed by atoms with Crippen LogP contribution in [0.3, 0.4) is 0 Å². The first-order valence-corrected chi connectivity index (χ1v) is 8.36. The molecule has 22 heavy (non-hydrogen) atoms. The Morgan fingerprint density at radius 1 is 1.14 bits per heavy atom. The van der Waals surface area contributed by atoms with Crippen LogP contribution in [-0.4, -0.2) is 9.55 Å². The highest BCUT2D eigenvalue weighted by molar-refractivity contribution is 5.80. The van der Waals surface area contributed by atoms with Gasteiger partial charge in [-0.25, -0.2) is 4.98 Å². The van der Waals surface area contributed by atoms with E-state index in [0.717, 1.165) is 17.6 Å². The fourth-order valence-electron chi connectivity index (χ4n) is 2.70. The van der Waals surface area contributed by atoms with E-state index in [0.29, 0.717) is 11.4 Å². The zero-order valence-corrected chi connectivity index (χ0v) is 14.9. The molecule has 0 radical (unpaired) electrons. The maximum Gasteiger partial charge on any atom is 0.294 e. The molecule has 3 rings (SSSR count). The summed E-state index contributed by atoms with van der Waals surface area (Å²) in [6, 6.07) is 7.58. The van der Waals surface area contributed by atoms with Crippen molar-refractivity contribution < 1.29 is 4.39 Å². The van der Waals surface area contributed by atoms with E-state index in [9.17, 15) is 4.39 Å². The van der Waals surface area contributed by atoms with Crippen molar-refractivity contribution >= 4 is 16.7 Å². The SMILES string of the molecule is CC.CC.CC1CC=C(n2c(F)nc3ccccc32)C1(C)C. The van der Waals surface area contributed by atoms with Gasteiger partial charge in [-0.15, -0.1) is 0 Å². The molecule has 3 heteroatoms. The van der Waals surface area contributed by atoms with Crippen LogP contribution in [0.25, 0.3) is 16.7 Å². The molecule has 1 aromatic carbocycles. The Morgan fingerprint density at radius 3 is 2.27 bits per heavy atom. The summed E-state index contributed by atoms with van der Waals surface area (Å²) in [7, 11) is 0. The van der Waals surface area contributed by atoms with E-state index < -0.39 is 6.08 Å². The number of para-hydroxylation sites is 2. The highest BCUT2D eigenvalue weighted by Crippen LogP contribution is 2.46. The summed E-state index contributed by atoms with van der Waals surface area (Å²) < 4.78 is 15.8. The van der Waals surface area contributed by atoms with Crippen LogP contribution >= 0.6 is 0 Å². The molecule has 122 valence electrons. The van der Waals surface area contributed by atoms with Gasteiger partial charge < -0.3 is 0 Å². The summed E-state index contributed by atoms with van der Waals surface area (Å²) in [5, 5.41) is 0. The molecule has 1 aliphatic carbocycles. The number of halogens is 1. The first-order valence-electron chi connectivity index (χ1n) is 8.36. The third-order valence-electron chi connectivity index (χ3n) is 4.32. The van der Waals surface area contributed by atoms with E-state index in [1.54, 1.807) is 4.57 Å². The van der Waals surface area contributed by atoms with Crippen LogP contribution in [0.5, 0.6) is 0 Å². The molecule has 2 aromatic rings. The second-order valence-corrected chi connectivity index (χ2v) is 5.65. The molecule has 1 atom stereocenters. The van der Waals surface area contributed by atoms with E-state index >= 15 is 0 Å². The van der Waals surface area contributed by atoms with Gasteiger partial charge in [-0.1, -0.05) is 66.7 Å². The van der Waals surface area contributed by atoms with Crippen molar-refractivity contribution in [2.45, 2.75) is 54.9 Å². The van der Waals surface area contributed by atoms with Gasteiger partial charge in [0, 0.05) is 11.1 Å². The van der Waals surface area contributed by atoms with Crippen LogP contribution in [0.2, 0.25) is 0 Å². The number of imidazole rings is 1. The molecule has 2 nitrogen and oxygen atoms in total. The molecule has 1 heterocycles. The smallest absolute Gasteiger partial charge is 0.272 e. The maximum absolute atomic E-state index is 14.1. The van der Waals surface area contributed by atoms with E-state index in [4.69, 9.17) is 0 Å². The van der Waals surface area contributed by atoms with E-state index in [-0.39, 0.29) is 5.41 Å². The lowest BCUT2D eigenvalue weighted by Gasteiger charge is -2.29. The third-order valence-corrected chi connectivity index (χ3v) is 4.32. The molecule has 0 spiro atoms. The second-order valence-electron chi connectivity index (χ2n) is 5.65. The first-order chi connectivity index (χ1) is 10.5. The molecule has 0 amide bonds. The number of allylic oxidation sites excluding steroid dienone is 2. The van der Waals surface area contributed by atoms with Crippen molar-refractivity contribution in [1.82, 2.24) is 9.55 Å². The number of hydrogen-bond acceptors (Lipinski definition) is 1. The zero-order chi connectivity index (χ0) is 16.9. The molecule has 0 fully saturated rings. The van der Waals surface area contributed by atoms with Gasteiger partial charge >= 0.3 is 0 Å². The molecular weight excluding hydrogens is 275 g/mol. The molecule has 0 aliphatic heterocycles.